The largest absolute Gasteiger partial charge is 0.389 e. The molecule has 0 radical (unpaired) electrons. The lowest BCUT2D eigenvalue weighted by Gasteiger charge is -2.26. The average Bonchev–Trinajstić information content (AvgIpc) is 3.22. The van der Waals surface area contributed by atoms with Crippen molar-refractivity contribution in [3.05, 3.63) is 71.8 Å². The van der Waals surface area contributed by atoms with Gasteiger partial charge in [-0.2, -0.15) is 0 Å². The molecule has 1 heterocycles. The van der Waals surface area contributed by atoms with Gasteiger partial charge in [-0.1, -0.05) is 72.7 Å². The van der Waals surface area contributed by atoms with E-state index in [1.54, 1.807) is 0 Å². The summed E-state index contributed by atoms with van der Waals surface area (Å²) in [6, 6.07) is 20.5. The minimum absolute atomic E-state index is 0.0975. The molecule has 0 unspecified atom stereocenters. The number of hydrogen-bond donors (Lipinski definition) is 1. The van der Waals surface area contributed by atoms with Crippen LogP contribution in [0.3, 0.4) is 0 Å². The Morgan fingerprint density at radius 3 is 2.30 bits per heavy atom. The Hall–Kier alpha value is -2.67. The van der Waals surface area contributed by atoms with Gasteiger partial charge in [0.25, 0.3) is 0 Å². The summed E-state index contributed by atoms with van der Waals surface area (Å²) in [5.41, 5.74) is 4.11. The molecule has 0 saturated carbocycles. The van der Waals surface area contributed by atoms with Gasteiger partial charge in [0.15, 0.2) is 0 Å². The number of nitrogens with zero attached hydrogens (tertiary/aromatic N) is 3. The van der Waals surface area contributed by atoms with Crippen LogP contribution in [-0.2, 0) is 17.8 Å². The molecule has 0 amide bonds. The van der Waals surface area contributed by atoms with Crippen molar-refractivity contribution in [1.29, 1.82) is 0 Å². The quantitative estimate of drug-likeness (QED) is 0.396. The number of aromatic nitrogens is 1. The molecule has 6 heteroatoms. The van der Waals surface area contributed by atoms with Crippen molar-refractivity contribution in [2.75, 3.05) is 31.6 Å². The summed E-state index contributed by atoms with van der Waals surface area (Å²) in [5.74, 6) is 0.756. The Balaban J connectivity index is 1.86. The van der Waals surface area contributed by atoms with E-state index >= 15 is 0 Å². The highest BCUT2D eigenvalue weighted by Crippen LogP contribution is 2.32. The average molecular weight is 452 g/mol. The van der Waals surface area contributed by atoms with E-state index in [0.29, 0.717) is 19.7 Å². The molecule has 0 fully saturated rings. The molecule has 0 saturated heterocycles. The molecule has 0 bridgehead atoms. The highest BCUT2D eigenvalue weighted by atomic mass is 16.5. The van der Waals surface area contributed by atoms with Crippen LogP contribution in [0, 0.1) is 0 Å². The number of hydrogen-bond acceptors (Lipinski definition) is 6. The lowest BCUT2D eigenvalue weighted by molar-refractivity contribution is -0.00947. The minimum Gasteiger partial charge on any atom is -0.389 e. The SMILES string of the molecule is CCCN(Cc1c(-c2ccccc2)noc1N(C)Cc1ccccc1)C[C@@H](O)COC(C)C. The zero-order chi connectivity index (χ0) is 23.6. The van der Waals surface area contributed by atoms with E-state index in [-0.39, 0.29) is 6.10 Å². The molecule has 1 N–H and O–H groups in total. The van der Waals surface area contributed by atoms with Gasteiger partial charge in [0.2, 0.25) is 5.88 Å². The van der Waals surface area contributed by atoms with Gasteiger partial charge < -0.3 is 19.3 Å². The van der Waals surface area contributed by atoms with Crippen molar-refractivity contribution in [1.82, 2.24) is 10.1 Å². The molecular formula is C27H37N3O3. The third-order valence-electron chi connectivity index (χ3n) is 5.44. The highest BCUT2D eigenvalue weighted by Gasteiger charge is 2.24. The van der Waals surface area contributed by atoms with E-state index < -0.39 is 6.10 Å². The maximum absolute atomic E-state index is 10.6. The molecule has 0 aliphatic heterocycles. The fourth-order valence-corrected chi connectivity index (χ4v) is 3.92. The molecular weight excluding hydrogens is 414 g/mol. The predicted octanol–water partition coefficient (Wildman–Crippen LogP) is 4.98. The van der Waals surface area contributed by atoms with E-state index in [9.17, 15) is 5.11 Å². The first-order chi connectivity index (χ1) is 16.0. The van der Waals surface area contributed by atoms with Gasteiger partial charge in [0.1, 0.15) is 5.69 Å². The second kappa shape index (κ2) is 12.5. The Bertz CT molecular complexity index is 944. The molecule has 0 aliphatic rings. The van der Waals surface area contributed by atoms with Crippen LogP contribution in [0.4, 0.5) is 5.88 Å². The molecule has 3 rings (SSSR count). The number of aliphatic hydroxyl groups excluding tert-OH is 1. The summed E-state index contributed by atoms with van der Waals surface area (Å²) in [7, 11) is 2.03. The first-order valence-corrected chi connectivity index (χ1v) is 11.8. The number of benzene rings is 2. The monoisotopic (exact) mass is 451 g/mol. The Kier molecular flexibility index (Phi) is 9.48. The van der Waals surface area contributed by atoms with E-state index in [1.807, 2.05) is 57.3 Å². The van der Waals surface area contributed by atoms with E-state index in [0.717, 1.165) is 42.2 Å². The number of anilines is 1. The maximum atomic E-state index is 10.6. The van der Waals surface area contributed by atoms with Crippen molar-refractivity contribution >= 4 is 5.88 Å². The normalized spacial score (nSPS) is 12.5. The van der Waals surface area contributed by atoms with Crippen LogP contribution in [0.1, 0.15) is 38.3 Å². The predicted molar refractivity (Wildman–Crippen MR) is 133 cm³/mol. The fourth-order valence-electron chi connectivity index (χ4n) is 3.92. The first-order valence-electron chi connectivity index (χ1n) is 11.8. The van der Waals surface area contributed by atoms with Crippen molar-refractivity contribution in [3.8, 4) is 11.3 Å². The van der Waals surface area contributed by atoms with Crippen molar-refractivity contribution < 1.29 is 14.4 Å². The second-order valence-corrected chi connectivity index (χ2v) is 8.79. The third kappa shape index (κ3) is 7.42. The molecule has 0 spiro atoms. The van der Waals surface area contributed by atoms with E-state index in [4.69, 9.17) is 9.26 Å². The molecule has 1 atom stereocenters. The first kappa shape index (κ1) is 25.0. The van der Waals surface area contributed by atoms with Gasteiger partial charge in [-0.25, -0.2) is 0 Å². The van der Waals surface area contributed by atoms with Crippen LogP contribution < -0.4 is 4.90 Å². The molecule has 33 heavy (non-hydrogen) atoms. The van der Waals surface area contributed by atoms with Crippen LogP contribution in [0.25, 0.3) is 11.3 Å². The number of rotatable bonds is 13. The Morgan fingerprint density at radius 2 is 1.67 bits per heavy atom. The summed E-state index contributed by atoms with van der Waals surface area (Å²) in [6.07, 6.45) is 0.531. The second-order valence-electron chi connectivity index (χ2n) is 8.79. The highest BCUT2D eigenvalue weighted by molar-refractivity contribution is 5.68. The molecule has 0 aliphatic carbocycles. The van der Waals surface area contributed by atoms with Gasteiger partial charge in [0, 0.05) is 32.2 Å². The van der Waals surface area contributed by atoms with Crippen LogP contribution >= 0.6 is 0 Å². The molecule has 6 nitrogen and oxygen atoms in total. The Morgan fingerprint density at radius 1 is 1.00 bits per heavy atom. The zero-order valence-corrected chi connectivity index (χ0v) is 20.3. The number of ether oxygens (including phenoxy) is 1. The van der Waals surface area contributed by atoms with Crippen molar-refractivity contribution in [2.45, 2.75) is 52.5 Å². The molecule has 1 aromatic heterocycles. The van der Waals surface area contributed by atoms with Crippen LogP contribution in [0.2, 0.25) is 0 Å². The summed E-state index contributed by atoms with van der Waals surface area (Å²) in [4.78, 5) is 4.36. The van der Waals surface area contributed by atoms with Gasteiger partial charge in [-0.05, 0) is 32.4 Å². The lowest BCUT2D eigenvalue weighted by Crippen LogP contribution is -2.36. The summed E-state index contributed by atoms with van der Waals surface area (Å²) in [6.45, 7) is 9.18. The van der Waals surface area contributed by atoms with E-state index in [2.05, 4.69) is 46.1 Å². The lowest BCUT2D eigenvalue weighted by atomic mass is 10.1. The molecule has 2 aromatic carbocycles. The molecule has 178 valence electrons. The standard InChI is InChI=1S/C27H37N3O3/c1-5-16-30(18-24(31)20-32-21(2)3)19-25-26(23-14-10-7-11-15-23)28-33-27(25)29(4)17-22-12-8-6-9-13-22/h6-15,21,24,31H,5,16-20H2,1-4H3/t24-/m1/s1. The minimum atomic E-state index is -0.551. The maximum Gasteiger partial charge on any atom is 0.232 e. The third-order valence-corrected chi connectivity index (χ3v) is 5.44. The summed E-state index contributed by atoms with van der Waals surface area (Å²) < 4.78 is 11.5. The summed E-state index contributed by atoms with van der Waals surface area (Å²) in [5, 5.41) is 15.0. The van der Waals surface area contributed by atoms with Crippen molar-refractivity contribution in [2.24, 2.45) is 0 Å². The Labute approximate surface area is 197 Å². The smallest absolute Gasteiger partial charge is 0.232 e. The number of aliphatic hydroxyl groups is 1. The topological polar surface area (TPSA) is 62.0 Å². The van der Waals surface area contributed by atoms with Crippen LogP contribution in [0.5, 0.6) is 0 Å². The van der Waals surface area contributed by atoms with Gasteiger partial charge in [-0.3, -0.25) is 4.90 Å². The van der Waals surface area contributed by atoms with Gasteiger partial charge in [0.05, 0.1) is 24.4 Å². The fraction of sp³-hybridized carbons (Fsp3) is 0.444. The zero-order valence-electron chi connectivity index (χ0n) is 20.3. The van der Waals surface area contributed by atoms with Gasteiger partial charge in [-0.15, -0.1) is 0 Å². The summed E-state index contributed by atoms with van der Waals surface area (Å²) >= 11 is 0. The van der Waals surface area contributed by atoms with E-state index in [1.165, 1.54) is 5.56 Å². The molecule has 3 aromatic rings. The van der Waals surface area contributed by atoms with Crippen LogP contribution in [-0.4, -0.2) is 54.1 Å². The van der Waals surface area contributed by atoms with Gasteiger partial charge >= 0.3 is 0 Å². The van der Waals surface area contributed by atoms with Crippen LogP contribution in [0.15, 0.2) is 65.2 Å². The van der Waals surface area contributed by atoms with Crippen molar-refractivity contribution in [3.63, 3.8) is 0 Å².